The number of carboxylic acids is 6. The summed E-state index contributed by atoms with van der Waals surface area (Å²) in [5.41, 5.74) is 4.81. The van der Waals surface area contributed by atoms with Crippen molar-refractivity contribution in [2.75, 3.05) is 0 Å². The molecule has 0 atom stereocenters. The van der Waals surface area contributed by atoms with Crippen molar-refractivity contribution >= 4 is 76.1 Å². The Morgan fingerprint density at radius 2 is 0.730 bits per heavy atom. The summed E-state index contributed by atoms with van der Waals surface area (Å²) in [5, 5.41) is 46.5. The van der Waals surface area contributed by atoms with Crippen LogP contribution in [-0.4, -0.2) is 82.7 Å². The molecule has 0 aromatic rings. The van der Waals surface area contributed by atoms with E-state index in [9.17, 15) is 9.59 Å². The summed E-state index contributed by atoms with van der Waals surface area (Å²) in [5.74, 6) is -5.37. The fourth-order valence-corrected chi connectivity index (χ4v) is 0.894. The van der Waals surface area contributed by atoms with Crippen molar-refractivity contribution in [3.63, 3.8) is 0 Å². The van der Waals surface area contributed by atoms with Crippen LogP contribution in [0.1, 0.15) is 68.2 Å². The molecule has 222 valence electrons. The van der Waals surface area contributed by atoms with Crippen LogP contribution in [-0.2, 0) is 33.6 Å². The fraction of sp³-hybridized carbons (Fsp3) is 0.579. The predicted octanol–water partition coefficient (Wildman–Crippen LogP) is 2.10. The minimum atomic E-state index is -0.833. The molecular weight excluding hydrogens is 596 g/mol. The summed E-state index contributed by atoms with van der Waals surface area (Å²) in [4.78, 5) is 75.6. The van der Waals surface area contributed by atoms with Crippen LogP contribution >= 0.6 is 28.3 Å². The van der Waals surface area contributed by atoms with Gasteiger partial charge in [-0.1, -0.05) is 29.8 Å². The van der Waals surface area contributed by atoms with Crippen LogP contribution in [0.15, 0.2) is 0 Å². The topological polar surface area (TPSA) is 296 Å². The average Bonchev–Trinajstić information content (AvgIpc) is 2.57. The second-order valence-electron chi connectivity index (χ2n) is 5.60. The van der Waals surface area contributed by atoms with Crippen LogP contribution in [0.25, 0.3) is 0 Å². The maximum Gasteiger partial charge on any atom is 0.318 e. The molecule has 9 N–H and O–H groups in total. The number of alkyl halides is 1. The largest absolute Gasteiger partial charge is 0.481 e. The number of hydrogen-bond donors (Lipinski definition) is 8. The maximum atomic E-state index is 11.3. The highest BCUT2D eigenvalue weighted by Gasteiger charge is 2.32. The molecule has 0 rings (SSSR count). The van der Waals surface area contributed by atoms with Gasteiger partial charge < -0.3 is 36.4 Å². The molecule has 0 bridgehead atoms. The zero-order chi connectivity index (χ0) is 31.2. The Morgan fingerprint density at radius 3 is 0.811 bits per heavy atom. The second kappa shape index (κ2) is 37.1. The number of aliphatic carboxylic acids is 6. The van der Waals surface area contributed by atoms with Gasteiger partial charge in [0.15, 0.2) is 0 Å². The first-order valence-corrected chi connectivity index (χ1v) is 10.1. The number of carbonyl (C=O) groups excluding carboxylic acids is 2. The Balaban J connectivity index is -0.0000000476. The van der Waals surface area contributed by atoms with Gasteiger partial charge in [-0.3, -0.25) is 38.9 Å². The van der Waals surface area contributed by atoms with E-state index < -0.39 is 46.2 Å². The fourth-order valence-electron chi connectivity index (χ4n) is 0.795. The molecule has 0 radical (unpaired) electrons. The lowest BCUT2D eigenvalue weighted by Gasteiger charge is -2.21. The van der Waals surface area contributed by atoms with Crippen molar-refractivity contribution < 1.29 is 69.0 Å². The number of primary amides is 1. The van der Waals surface area contributed by atoms with E-state index in [1.54, 1.807) is 0 Å². The summed E-state index contributed by atoms with van der Waals surface area (Å²) in [6, 6.07) is -0.814. The van der Waals surface area contributed by atoms with E-state index >= 15 is 0 Å². The standard InChI is InChI=1S/C7H13BrN2O2.6C2H4O2.ClH/c1-3-7(8,4-2)5(11)10-6(9)12;6*1-2(3)4;/h3-4H2,1-2H3,(H3,9,10,11,12);6*1H3,(H,3,4);1H. The summed E-state index contributed by atoms with van der Waals surface area (Å²) in [7, 11) is 0. The lowest BCUT2D eigenvalue weighted by atomic mass is 10.0. The number of carbonyl (C=O) groups is 8. The first-order valence-electron chi connectivity index (χ1n) is 9.32. The van der Waals surface area contributed by atoms with Gasteiger partial charge in [0.25, 0.3) is 35.8 Å². The molecule has 0 fully saturated rings. The SMILES string of the molecule is CC(=O)O.CC(=O)O.CC(=O)O.CC(=O)O.CC(=O)O.CC(=O)O.CCC(Br)(CC)C(=O)NC(N)=O.Cl. The molecular formula is C19H38BrClN2O14. The minimum Gasteiger partial charge on any atom is -0.481 e. The quantitative estimate of drug-likeness (QED) is 0.206. The number of urea groups is 1. The lowest BCUT2D eigenvalue weighted by Crippen LogP contribution is -2.46. The highest BCUT2D eigenvalue weighted by atomic mass is 79.9. The van der Waals surface area contributed by atoms with Crippen LogP contribution in [0.3, 0.4) is 0 Å². The molecule has 0 aromatic carbocycles. The summed E-state index contributed by atoms with van der Waals surface area (Å²) in [6.45, 7) is 10.2. The molecule has 0 spiro atoms. The van der Waals surface area contributed by atoms with Gasteiger partial charge in [0.05, 0.1) is 0 Å². The Morgan fingerprint density at radius 1 is 0.595 bits per heavy atom. The molecule has 0 aliphatic rings. The monoisotopic (exact) mass is 632 g/mol. The second-order valence-corrected chi connectivity index (χ2v) is 7.12. The third-order valence-electron chi connectivity index (χ3n) is 1.76. The first-order chi connectivity index (χ1) is 15.9. The highest BCUT2D eigenvalue weighted by molar-refractivity contribution is 9.10. The summed E-state index contributed by atoms with van der Waals surface area (Å²) in [6.07, 6.45) is 1.23. The summed E-state index contributed by atoms with van der Waals surface area (Å²) < 4.78 is -0.665. The molecule has 0 saturated carbocycles. The van der Waals surface area contributed by atoms with E-state index in [2.05, 4.69) is 15.9 Å². The third-order valence-corrected chi connectivity index (χ3v) is 3.25. The number of hydrogen-bond acceptors (Lipinski definition) is 8. The molecule has 18 heteroatoms. The average molecular weight is 634 g/mol. The lowest BCUT2D eigenvalue weighted by molar-refractivity contribution is -0.135. The Hall–Kier alpha value is -3.47. The van der Waals surface area contributed by atoms with Gasteiger partial charge in [-0.05, 0) is 12.8 Å². The molecule has 3 amide bonds. The zero-order valence-corrected chi connectivity index (χ0v) is 24.1. The summed E-state index contributed by atoms with van der Waals surface area (Å²) >= 11 is 3.26. The molecule has 37 heavy (non-hydrogen) atoms. The smallest absolute Gasteiger partial charge is 0.318 e. The van der Waals surface area contributed by atoms with Crippen molar-refractivity contribution in [2.24, 2.45) is 5.73 Å². The maximum absolute atomic E-state index is 11.3. The number of carboxylic acid groups (broad SMARTS) is 6. The molecule has 0 unspecified atom stereocenters. The van der Waals surface area contributed by atoms with E-state index in [4.69, 9.17) is 65.1 Å². The number of imide groups is 1. The van der Waals surface area contributed by atoms with Crippen LogP contribution in [0.4, 0.5) is 4.79 Å². The van der Waals surface area contributed by atoms with Crippen molar-refractivity contribution in [3.05, 3.63) is 0 Å². The van der Waals surface area contributed by atoms with Crippen LogP contribution in [0, 0.1) is 0 Å². The normalized spacial score (nSPS) is 7.59. The van der Waals surface area contributed by atoms with Gasteiger partial charge in [0, 0.05) is 41.5 Å². The van der Waals surface area contributed by atoms with Gasteiger partial charge in [-0.15, -0.1) is 12.4 Å². The van der Waals surface area contributed by atoms with Gasteiger partial charge in [0.2, 0.25) is 5.91 Å². The third kappa shape index (κ3) is 193. The van der Waals surface area contributed by atoms with E-state index in [-0.39, 0.29) is 18.3 Å². The van der Waals surface area contributed by atoms with Crippen molar-refractivity contribution in [1.82, 2.24) is 5.32 Å². The molecule has 0 aromatic heterocycles. The Kier molecular flexibility index (Phi) is 54.6. The van der Waals surface area contributed by atoms with Gasteiger partial charge >= 0.3 is 6.03 Å². The van der Waals surface area contributed by atoms with Crippen LogP contribution < -0.4 is 11.1 Å². The van der Waals surface area contributed by atoms with Crippen molar-refractivity contribution in [2.45, 2.75) is 72.6 Å². The molecule has 16 nitrogen and oxygen atoms in total. The van der Waals surface area contributed by atoms with E-state index in [0.29, 0.717) is 12.8 Å². The van der Waals surface area contributed by atoms with E-state index in [1.807, 2.05) is 19.2 Å². The molecule has 0 aliphatic heterocycles. The minimum absolute atomic E-state index is 0. The molecule has 0 saturated heterocycles. The number of nitrogens with one attached hydrogen (secondary N) is 1. The molecule has 0 heterocycles. The van der Waals surface area contributed by atoms with Gasteiger partial charge in [-0.25, -0.2) is 4.79 Å². The van der Waals surface area contributed by atoms with Crippen molar-refractivity contribution in [3.8, 4) is 0 Å². The van der Waals surface area contributed by atoms with Crippen LogP contribution in [0.2, 0.25) is 0 Å². The van der Waals surface area contributed by atoms with E-state index in [0.717, 1.165) is 41.5 Å². The first kappa shape index (κ1) is 54.4. The number of amides is 3. The number of rotatable bonds is 3. The van der Waals surface area contributed by atoms with Crippen LogP contribution in [0.5, 0.6) is 0 Å². The predicted molar refractivity (Wildman–Crippen MR) is 137 cm³/mol. The zero-order valence-electron chi connectivity index (χ0n) is 21.7. The Bertz CT molecular complexity index is 567. The number of halogens is 2. The van der Waals surface area contributed by atoms with Crippen molar-refractivity contribution in [1.29, 1.82) is 0 Å². The van der Waals surface area contributed by atoms with E-state index in [1.165, 1.54) is 0 Å². The highest BCUT2D eigenvalue weighted by Crippen LogP contribution is 2.26. The van der Waals surface area contributed by atoms with Gasteiger partial charge in [0.1, 0.15) is 4.32 Å². The Labute approximate surface area is 228 Å². The molecule has 0 aliphatic carbocycles. The van der Waals surface area contributed by atoms with Gasteiger partial charge in [-0.2, -0.15) is 0 Å². The number of nitrogens with two attached hydrogens (primary N) is 1.